The molecule has 0 spiro atoms. The molecule has 0 fully saturated rings. The van der Waals surface area contributed by atoms with E-state index in [2.05, 4.69) is 5.32 Å². The summed E-state index contributed by atoms with van der Waals surface area (Å²) < 4.78 is 13.0. The van der Waals surface area contributed by atoms with Crippen molar-refractivity contribution in [2.24, 2.45) is 5.92 Å². The van der Waals surface area contributed by atoms with Crippen molar-refractivity contribution >= 4 is 11.7 Å². The highest BCUT2D eigenvalue weighted by Gasteiger charge is 2.36. The standard InChI is InChI=1S/C12H16FNO2/c1-8(2)12(3,11(15)16)14-10-6-4-5-9(13)7-10/h4-8,14H,1-3H3,(H,15,16). The third-order valence-corrected chi connectivity index (χ3v) is 2.83. The first kappa shape index (κ1) is 12.5. The Hall–Kier alpha value is -1.58. The minimum absolute atomic E-state index is 0.117. The molecule has 0 aliphatic carbocycles. The van der Waals surface area contributed by atoms with Gasteiger partial charge in [-0.3, -0.25) is 0 Å². The number of aliphatic carboxylic acids is 1. The fourth-order valence-electron chi connectivity index (χ4n) is 1.31. The van der Waals surface area contributed by atoms with Gasteiger partial charge in [-0.05, 0) is 31.0 Å². The van der Waals surface area contributed by atoms with E-state index >= 15 is 0 Å². The molecule has 2 N–H and O–H groups in total. The smallest absolute Gasteiger partial charge is 0.329 e. The number of rotatable bonds is 4. The Bertz CT molecular complexity index is 392. The van der Waals surface area contributed by atoms with E-state index in [9.17, 15) is 14.3 Å². The average Bonchev–Trinajstić information content (AvgIpc) is 2.16. The van der Waals surface area contributed by atoms with E-state index in [1.54, 1.807) is 32.9 Å². The lowest BCUT2D eigenvalue weighted by molar-refractivity contribution is -0.143. The fourth-order valence-corrected chi connectivity index (χ4v) is 1.31. The molecule has 0 aliphatic heterocycles. The summed E-state index contributed by atoms with van der Waals surface area (Å²) in [6, 6.07) is 5.79. The van der Waals surface area contributed by atoms with Crippen molar-refractivity contribution in [3.05, 3.63) is 30.1 Å². The zero-order valence-corrected chi connectivity index (χ0v) is 9.62. The SMILES string of the molecule is CC(C)C(C)(Nc1cccc(F)c1)C(=O)O. The molecule has 1 aromatic rings. The van der Waals surface area contributed by atoms with Gasteiger partial charge < -0.3 is 10.4 Å². The maximum Gasteiger partial charge on any atom is 0.329 e. The summed E-state index contributed by atoms with van der Waals surface area (Å²) in [5.41, 5.74) is -0.632. The van der Waals surface area contributed by atoms with Crippen LogP contribution in [0.25, 0.3) is 0 Å². The van der Waals surface area contributed by atoms with Crippen LogP contribution in [-0.4, -0.2) is 16.6 Å². The van der Waals surface area contributed by atoms with Crippen molar-refractivity contribution < 1.29 is 14.3 Å². The topological polar surface area (TPSA) is 49.3 Å². The van der Waals surface area contributed by atoms with Crippen LogP contribution in [0.3, 0.4) is 0 Å². The number of hydrogen-bond donors (Lipinski definition) is 2. The molecule has 0 heterocycles. The Labute approximate surface area is 94.3 Å². The second-order valence-electron chi connectivity index (χ2n) is 4.30. The maximum absolute atomic E-state index is 13.0. The maximum atomic E-state index is 13.0. The zero-order chi connectivity index (χ0) is 12.3. The molecular weight excluding hydrogens is 209 g/mol. The number of carboxylic acid groups (broad SMARTS) is 1. The summed E-state index contributed by atoms with van der Waals surface area (Å²) in [6.45, 7) is 5.20. The number of halogens is 1. The first-order valence-corrected chi connectivity index (χ1v) is 5.13. The van der Waals surface area contributed by atoms with E-state index in [-0.39, 0.29) is 11.7 Å². The van der Waals surface area contributed by atoms with Crippen LogP contribution in [0.2, 0.25) is 0 Å². The molecule has 0 radical (unpaired) electrons. The summed E-state index contributed by atoms with van der Waals surface area (Å²) in [5.74, 6) is -1.46. The van der Waals surface area contributed by atoms with E-state index < -0.39 is 11.5 Å². The third-order valence-electron chi connectivity index (χ3n) is 2.83. The molecule has 0 aliphatic rings. The number of benzene rings is 1. The second kappa shape index (κ2) is 4.51. The number of nitrogens with one attached hydrogen (secondary N) is 1. The van der Waals surface area contributed by atoms with Crippen molar-refractivity contribution in [3.63, 3.8) is 0 Å². The summed E-state index contributed by atoms with van der Waals surface area (Å²) >= 11 is 0. The summed E-state index contributed by atoms with van der Waals surface area (Å²) in [5, 5.41) is 12.0. The van der Waals surface area contributed by atoms with Gasteiger partial charge in [0.05, 0.1) is 0 Å². The Morgan fingerprint density at radius 1 is 1.50 bits per heavy atom. The minimum Gasteiger partial charge on any atom is -0.480 e. The first-order chi connectivity index (χ1) is 7.36. The van der Waals surface area contributed by atoms with Crippen molar-refractivity contribution in [2.45, 2.75) is 26.3 Å². The molecule has 0 aromatic heterocycles. The van der Waals surface area contributed by atoms with Gasteiger partial charge >= 0.3 is 5.97 Å². The van der Waals surface area contributed by atoms with Crippen molar-refractivity contribution in [1.29, 1.82) is 0 Å². The molecule has 3 nitrogen and oxygen atoms in total. The van der Waals surface area contributed by atoms with Crippen LogP contribution in [-0.2, 0) is 4.79 Å². The highest BCUT2D eigenvalue weighted by Crippen LogP contribution is 2.23. The van der Waals surface area contributed by atoms with Crippen LogP contribution in [0.15, 0.2) is 24.3 Å². The van der Waals surface area contributed by atoms with Crippen LogP contribution in [0.4, 0.5) is 10.1 Å². The fraction of sp³-hybridized carbons (Fsp3) is 0.417. The highest BCUT2D eigenvalue weighted by atomic mass is 19.1. The average molecular weight is 225 g/mol. The van der Waals surface area contributed by atoms with E-state index in [4.69, 9.17) is 0 Å². The molecule has 4 heteroatoms. The molecule has 1 aromatic carbocycles. The summed E-state index contributed by atoms with van der Waals surface area (Å²) in [4.78, 5) is 11.2. The Morgan fingerprint density at radius 3 is 2.56 bits per heavy atom. The van der Waals surface area contributed by atoms with Crippen LogP contribution < -0.4 is 5.32 Å². The highest BCUT2D eigenvalue weighted by molar-refractivity contribution is 5.82. The van der Waals surface area contributed by atoms with Gasteiger partial charge in [-0.15, -0.1) is 0 Å². The van der Waals surface area contributed by atoms with Gasteiger partial charge in [-0.1, -0.05) is 19.9 Å². The molecule has 0 amide bonds. The van der Waals surface area contributed by atoms with Gasteiger partial charge in [0.15, 0.2) is 0 Å². The lowest BCUT2D eigenvalue weighted by Crippen LogP contribution is -2.48. The van der Waals surface area contributed by atoms with E-state index in [0.717, 1.165) is 0 Å². The van der Waals surface area contributed by atoms with Gasteiger partial charge in [0.2, 0.25) is 0 Å². The van der Waals surface area contributed by atoms with Crippen molar-refractivity contribution in [3.8, 4) is 0 Å². The molecule has 0 bridgehead atoms. The second-order valence-corrected chi connectivity index (χ2v) is 4.30. The third kappa shape index (κ3) is 2.51. The van der Waals surface area contributed by atoms with Crippen LogP contribution in [0.1, 0.15) is 20.8 Å². The predicted octanol–water partition coefficient (Wildman–Crippen LogP) is 2.74. The van der Waals surface area contributed by atoms with Gasteiger partial charge in [0, 0.05) is 5.69 Å². The van der Waals surface area contributed by atoms with Gasteiger partial charge in [0.1, 0.15) is 11.4 Å². The first-order valence-electron chi connectivity index (χ1n) is 5.13. The quantitative estimate of drug-likeness (QED) is 0.828. The summed E-state index contributed by atoms with van der Waals surface area (Å²) in [7, 11) is 0. The van der Waals surface area contributed by atoms with Crippen LogP contribution in [0, 0.1) is 11.7 Å². The Balaban J connectivity index is 2.97. The molecular formula is C12H16FNO2. The van der Waals surface area contributed by atoms with E-state index in [0.29, 0.717) is 5.69 Å². The number of anilines is 1. The predicted molar refractivity (Wildman–Crippen MR) is 60.9 cm³/mol. The number of hydrogen-bond acceptors (Lipinski definition) is 2. The van der Waals surface area contributed by atoms with Crippen LogP contribution in [0.5, 0.6) is 0 Å². The van der Waals surface area contributed by atoms with Crippen LogP contribution >= 0.6 is 0 Å². The number of carbonyl (C=O) groups is 1. The van der Waals surface area contributed by atoms with Gasteiger partial charge in [0.25, 0.3) is 0 Å². The molecule has 88 valence electrons. The molecule has 0 saturated carbocycles. The lowest BCUT2D eigenvalue weighted by Gasteiger charge is -2.31. The molecule has 1 unspecified atom stereocenters. The lowest BCUT2D eigenvalue weighted by atomic mass is 9.88. The molecule has 1 atom stereocenters. The van der Waals surface area contributed by atoms with Gasteiger partial charge in [-0.25, -0.2) is 9.18 Å². The van der Waals surface area contributed by atoms with Gasteiger partial charge in [-0.2, -0.15) is 0 Å². The summed E-state index contributed by atoms with van der Waals surface area (Å²) in [6.07, 6.45) is 0. The van der Waals surface area contributed by atoms with E-state index in [1.807, 2.05) is 0 Å². The largest absolute Gasteiger partial charge is 0.480 e. The van der Waals surface area contributed by atoms with Crippen molar-refractivity contribution in [1.82, 2.24) is 0 Å². The monoisotopic (exact) mass is 225 g/mol. The normalized spacial score (nSPS) is 14.6. The van der Waals surface area contributed by atoms with Crippen molar-refractivity contribution in [2.75, 3.05) is 5.32 Å². The molecule has 0 saturated heterocycles. The Morgan fingerprint density at radius 2 is 2.12 bits per heavy atom. The Kier molecular flexibility index (Phi) is 3.52. The number of carboxylic acids is 1. The molecule has 16 heavy (non-hydrogen) atoms. The zero-order valence-electron chi connectivity index (χ0n) is 9.62. The van der Waals surface area contributed by atoms with E-state index in [1.165, 1.54) is 12.1 Å². The minimum atomic E-state index is -1.10. The molecule has 1 rings (SSSR count).